The number of nitrogens with one attached hydrogen (secondary N) is 1. The number of halogens is 1. The molecule has 2 atom stereocenters. The van der Waals surface area contributed by atoms with Crippen LogP contribution in [-0.2, 0) is 4.74 Å². The zero-order valence-corrected chi connectivity index (χ0v) is 9.67. The minimum absolute atomic E-state index is 0.138. The molecule has 74 valence electrons. The van der Waals surface area contributed by atoms with Crippen LogP contribution in [0.5, 0.6) is 0 Å². The molecular formula is C9H14INO2. The summed E-state index contributed by atoms with van der Waals surface area (Å²) in [6.07, 6.45) is 5.47. The lowest BCUT2D eigenvalue weighted by atomic mass is 9.81. The van der Waals surface area contributed by atoms with Gasteiger partial charge in [0.2, 0.25) is 0 Å². The maximum atomic E-state index is 11.1. The first-order valence-electron chi connectivity index (χ1n) is 4.84. The summed E-state index contributed by atoms with van der Waals surface area (Å²) in [6.45, 7) is 0.776. The molecule has 3 nitrogen and oxygen atoms in total. The predicted molar refractivity (Wildman–Crippen MR) is 58.1 cm³/mol. The maximum absolute atomic E-state index is 11.1. The summed E-state index contributed by atoms with van der Waals surface area (Å²) >= 11 is 2.43. The quantitative estimate of drug-likeness (QED) is 0.550. The Balaban J connectivity index is 2.11. The molecule has 0 aromatic rings. The number of hydrogen-bond donors (Lipinski definition) is 1. The van der Waals surface area contributed by atoms with Crippen molar-refractivity contribution in [1.29, 1.82) is 0 Å². The van der Waals surface area contributed by atoms with Crippen molar-refractivity contribution in [3.05, 3.63) is 0 Å². The molecule has 1 N–H and O–H groups in total. The minimum Gasteiger partial charge on any atom is -0.442 e. The van der Waals surface area contributed by atoms with Gasteiger partial charge in [-0.3, -0.25) is 0 Å². The van der Waals surface area contributed by atoms with Crippen LogP contribution >= 0.6 is 22.6 Å². The monoisotopic (exact) mass is 295 g/mol. The Morgan fingerprint density at radius 2 is 2.31 bits per heavy atom. The number of amides is 1. The van der Waals surface area contributed by atoms with E-state index in [1.807, 2.05) is 0 Å². The Bertz CT molecular complexity index is 218. The van der Waals surface area contributed by atoms with E-state index in [0.717, 1.165) is 19.4 Å². The molecule has 0 aromatic carbocycles. The maximum Gasteiger partial charge on any atom is 0.407 e. The summed E-state index contributed by atoms with van der Waals surface area (Å²) in [5.41, 5.74) is -0.138. The Morgan fingerprint density at radius 1 is 1.46 bits per heavy atom. The van der Waals surface area contributed by atoms with Crippen LogP contribution < -0.4 is 5.32 Å². The SMILES string of the molecule is O=C1NCC[C@]2(CCCC[C@H]2I)O1. The van der Waals surface area contributed by atoms with Gasteiger partial charge in [-0.2, -0.15) is 0 Å². The van der Waals surface area contributed by atoms with Gasteiger partial charge < -0.3 is 10.1 Å². The smallest absolute Gasteiger partial charge is 0.407 e. The van der Waals surface area contributed by atoms with Gasteiger partial charge in [-0.1, -0.05) is 29.0 Å². The van der Waals surface area contributed by atoms with Crippen molar-refractivity contribution in [2.75, 3.05) is 6.54 Å². The molecule has 1 aliphatic heterocycles. The molecule has 1 amide bonds. The molecule has 0 aromatic heterocycles. The lowest BCUT2D eigenvalue weighted by molar-refractivity contribution is -0.0293. The van der Waals surface area contributed by atoms with Crippen LogP contribution in [0.25, 0.3) is 0 Å². The highest BCUT2D eigenvalue weighted by atomic mass is 127. The number of carbonyl (C=O) groups is 1. The molecule has 1 spiro atoms. The molecule has 2 aliphatic rings. The van der Waals surface area contributed by atoms with Gasteiger partial charge in [-0.15, -0.1) is 0 Å². The van der Waals surface area contributed by atoms with Crippen molar-refractivity contribution < 1.29 is 9.53 Å². The highest BCUT2D eigenvalue weighted by Gasteiger charge is 2.44. The molecule has 2 rings (SSSR count). The second-order valence-electron chi connectivity index (χ2n) is 3.84. The van der Waals surface area contributed by atoms with Crippen molar-refractivity contribution in [2.45, 2.75) is 41.6 Å². The molecular weight excluding hydrogens is 281 g/mol. The van der Waals surface area contributed by atoms with Crippen LogP contribution in [0.3, 0.4) is 0 Å². The van der Waals surface area contributed by atoms with E-state index in [2.05, 4.69) is 27.9 Å². The standard InChI is InChI=1S/C9H14INO2/c10-7-3-1-2-4-9(7)5-6-11-8(12)13-9/h7H,1-6H2,(H,11,12)/t7-,9+/m1/s1. The van der Waals surface area contributed by atoms with Crippen LogP contribution in [0, 0.1) is 0 Å². The molecule has 4 heteroatoms. The molecule has 0 bridgehead atoms. The average molecular weight is 295 g/mol. The summed E-state index contributed by atoms with van der Waals surface area (Å²) in [7, 11) is 0. The average Bonchev–Trinajstić information content (AvgIpc) is 2.11. The second kappa shape index (κ2) is 3.63. The van der Waals surface area contributed by atoms with E-state index in [1.165, 1.54) is 19.3 Å². The van der Waals surface area contributed by atoms with Crippen LogP contribution in [0.1, 0.15) is 32.1 Å². The van der Waals surface area contributed by atoms with E-state index >= 15 is 0 Å². The van der Waals surface area contributed by atoms with E-state index in [0.29, 0.717) is 3.92 Å². The Hall–Kier alpha value is -0.0000000000000000555. The van der Waals surface area contributed by atoms with Crippen LogP contribution in [-0.4, -0.2) is 22.2 Å². The molecule has 0 unspecified atom stereocenters. The zero-order valence-electron chi connectivity index (χ0n) is 7.51. The summed E-state index contributed by atoms with van der Waals surface area (Å²) in [5, 5.41) is 2.71. The van der Waals surface area contributed by atoms with Crippen molar-refractivity contribution in [3.63, 3.8) is 0 Å². The van der Waals surface area contributed by atoms with E-state index in [4.69, 9.17) is 4.74 Å². The number of hydrogen-bond acceptors (Lipinski definition) is 2. The normalized spacial score (nSPS) is 39.8. The van der Waals surface area contributed by atoms with E-state index in [9.17, 15) is 4.79 Å². The van der Waals surface area contributed by atoms with Crippen molar-refractivity contribution in [1.82, 2.24) is 5.32 Å². The third-order valence-corrected chi connectivity index (χ3v) is 4.75. The Labute approximate surface area is 91.7 Å². The van der Waals surface area contributed by atoms with E-state index in [-0.39, 0.29) is 11.7 Å². The van der Waals surface area contributed by atoms with Crippen LogP contribution in [0.4, 0.5) is 4.79 Å². The largest absolute Gasteiger partial charge is 0.442 e. The van der Waals surface area contributed by atoms with Gasteiger partial charge in [0, 0.05) is 13.0 Å². The lowest BCUT2D eigenvalue weighted by Crippen LogP contribution is -2.53. The summed E-state index contributed by atoms with van der Waals surface area (Å²) in [4.78, 5) is 11.1. The number of ether oxygens (including phenoxy) is 1. The highest BCUT2D eigenvalue weighted by molar-refractivity contribution is 14.1. The first-order valence-corrected chi connectivity index (χ1v) is 6.08. The first kappa shape index (κ1) is 9.55. The fourth-order valence-corrected chi connectivity index (χ4v) is 3.40. The van der Waals surface area contributed by atoms with Crippen LogP contribution in [0.2, 0.25) is 0 Å². The van der Waals surface area contributed by atoms with Gasteiger partial charge in [0.05, 0.1) is 3.92 Å². The van der Waals surface area contributed by atoms with Crippen LogP contribution in [0.15, 0.2) is 0 Å². The fraction of sp³-hybridized carbons (Fsp3) is 0.889. The molecule has 1 saturated carbocycles. The fourth-order valence-electron chi connectivity index (χ4n) is 2.21. The molecule has 13 heavy (non-hydrogen) atoms. The van der Waals surface area contributed by atoms with Gasteiger partial charge in [-0.25, -0.2) is 4.79 Å². The van der Waals surface area contributed by atoms with Gasteiger partial charge in [0.15, 0.2) is 0 Å². The summed E-state index contributed by atoms with van der Waals surface area (Å²) < 4.78 is 5.97. The molecule has 1 aliphatic carbocycles. The number of alkyl carbamates (subject to hydrolysis) is 1. The van der Waals surface area contributed by atoms with Gasteiger partial charge >= 0.3 is 6.09 Å². The Kier molecular flexibility index (Phi) is 2.67. The van der Waals surface area contributed by atoms with Gasteiger partial charge in [0.1, 0.15) is 5.60 Å². The van der Waals surface area contributed by atoms with E-state index in [1.54, 1.807) is 0 Å². The minimum atomic E-state index is -0.227. The predicted octanol–water partition coefficient (Wildman–Crippen LogP) is 2.23. The molecule has 1 saturated heterocycles. The number of alkyl halides is 1. The zero-order chi connectivity index (χ0) is 9.31. The highest BCUT2D eigenvalue weighted by Crippen LogP contribution is 2.40. The topological polar surface area (TPSA) is 38.3 Å². The molecule has 2 fully saturated rings. The van der Waals surface area contributed by atoms with E-state index < -0.39 is 0 Å². The third-order valence-electron chi connectivity index (χ3n) is 2.99. The summed E-state index contributed by atoms with van der Waals surface area (Å²) in [5.74, 6) is 0. The summed E-state index contributed by atoms with van der Waals surface area (Å²) in [6, 6.07) is 0. The van der Waals surface area contributed by atoms with Crippen molar-refractivity contribution >= 4 is 28.7 Å². The molecule has 1 heterocycles. The second-order valence-corrected chi connectivity index (χ2v) is 5.35. The van der Waals surface area contributed by atoms with Crippen molar-refractivity contribution in [2.24, 2.45) is 0 Å². The third kappa shape index (κ3) is 1.78. The molecule has 0 radical (unpaired) electrons. The Morgan fingerprint density at radius 3 is 3.00 bits per heavy atom. The first-order chi connectivity index (χ1) is 6.23. The number of rotatable bonds is 0. The van der Waals surface area contributed by atoms with Gasteiger partial charge in [-0.05, 0) is 19.3 Å². The number of carbonyl (C=O) groups excluding carboxylic acids is 1. The van der Waals surface area contributed by atoms with Crippen molar-refractivity contribution in [3.8, 4) is 0 Å². The lowest BCUT2D eigenvalue weighted by Gasteiger charge is -2.43. The van der Waals surface area contributed by atoms with Gasteiger partial charge in [0.25, 0.3) is 0 Å².